The summed E-state index contributed by atoms with van der Waals surface area (Å²) in [5.41, 5.74) is -0.575. The maximum absolute atomic E-state index is 13.2. The van der Waals surface area contributed by atoms with Crippen molar-refractivity contribution in [2.24, 2.45) is 0 Å². The zero-order valence-corrected chi connectivity index (χ0v) is 13.2. The second-order valence-electron chi connectivity index (χ2n) is 7.17. The summed E-state index contributed by atoms with van der Waals surface area (Å²) in [4.78, 5) is 27.6. The average Bonchev–Trinajstić information content (AvgIpc) is 2.76. The molecule has 0 aromatic rings. The van der Waals surface area contributed by atoms with Crippen molar-refractivity contribution in [1.29, 1.82) is 0 Å². The Bertz CT molecular complexity index is 407. The average molecular weight is 292 g/mol. The van der Waals surface area contributed by atoms with Crippen LogP contribution in [0.2, 0.25) is 0 Å². The third kappa shape index (κ3) is 2.69. The molecule has 3 rings (SSSR count). The van der Waals surface area contributed by atoms with Crippen LogP contribution in [0.25, 0.3) is 0 Å². The zero-order valence-electron chi connectivity index (χ0n) is 13.2. The van der Waals surface area contributed by atoms with Gasteiger partial charge in [0.1, 0.15) is 11.6 Å². The van der Waals surface area contributed by atoms with E-state index < -0.39 is 5.54 Å². The molecule has 1 saturated heterocycles. The summed E-state index contributed by atoms with van der Waals surface area (Å²) in [6.45, 7) is 1.90. The highest BCUT2D eigenvalue weighted by molar-refractivity contribution is 5.99. The van der Waals surface area contributed by atoms with Gasteiger partial charge in [-0.3, -0.25) is 9.59 Å². The fraction of sp³-hybridized carbons (Fsp3) is 0.882. The summed E-state index contributed by atoms with van der Waals surface area (Å²) in [6, 6.07) is -0.0204. The van der Waals surface area contributed by atoms with Crippen molar-refractivity contribution in [3.8, 4) is 0 Å². The standard InChI is InChI=1S/C17H28N2O2/c1-13-15(20)18-17(11-7-4-8-12-17)16(21)19(13)14-9-5-2-3-6-10-14/h13-14H,2-12H2,1H3,(H,18,20). The van der Waals surface area contributed by atoms with Crippen LogP contribution in [-0.2, 0) is 9.59 Å². The van der Waals surface area contributed by atoms with Crippen LogP contribution >= 0.6 is 0 Å². The molecule has 118 valence electrons. The van der Waals surface area contributed by atoms with Crippen LogP contribution in [0.4, 0.5) is 0 Å². The van der Waals surface area contributed by atoms with Crippen molar-refractivity contribution < 1.29 is 9.59 Å². The normalized spacial score (nSPS) is 31.1. The molecule has 1 N–H and O–H groups in total. The smallest absolute Gasteiger partial charge is 0.249 e. The summed E-state index contributed by atoms with van der Waals surface area (Å²) >= 11 is 0. The Kier molecular flexibility index (Phi) is 4.23. The van der Waals surface area contributed by atoms with E-state index >= 15 is 0 Å². The Morgan fingerprint density at radius 1 is 0.952 bits per heavy atom. The molecule has 1 spiro atoms. The Labute approximate surface area is 127 Å². The van der Waals surface area contributed by atoms with Crippen LogP contribution in [0.3, 0.4) is 0 Å². The highest BCUT2D eigenvalue weighted by Gasteiger charge is 2.51. The predicted molar refractivity (Wildman–Crippen MR) is 81.8 cm³/mol. The van der Waals surface area contributed by atoms with Gasteiger partial charge < -0.3 is 10.2 Å². The first kappa shape index (κ1) is 14.9. The van der Waals surface area contributed by atoms with Crippen molar-refractivity contribution >= 4 is 11.8 Å². The second kappa shape index (κ2) is 5.98. The number of nitrogens with zero attached hydrogens (tertiary/aromatic N) is 1. The van der Waals surface area contributed by atoms with Gasteiger partial charge in [-0.05, 0) is 32.6 Å². The van der Waals surface area contributed by atoms with Gasteiger partial charge in [0, 0.05) is 6.04 Å². The van der Waals surface area contributed by atoms with Crippen molar-refractivity contribution in [3.63, 3.8) is 0 Å². The molecule has 2 aliphatic carbocycles. The van der Waals surface area contributed by atoms with E-state index in [1.54, 1.807) is 0 Å². The molecule has 4 nitrogen and oxygen atoms in total. The molecule has 0 aromatic carbocycles. The molecule has 1 heterocycles. The molecule has 0 bridgehead atoms. The lowest BCUT2D eigenvalue weighted by atomic mass is 9.78. The Morgan fingerprint density at radius 2 is 1.52 bits per heavy atom. The van der Waals surface area contributed by atoms with Gasteiger partial charge in [-0.1, -0.05) is 44.9 Å². The quantitative estimate of drug-likeness (QED) is 0.756. The third-order valence-electron chi connectivity index (χ3n) is 5.73. The fourth-order valence-electron chi connectivity index (χ4n) is 4.46. The SMILES string of the molecule is CC1C(=O)NC2(CCCCC2)C(=O)N1C1CCCCCC1. The molecule has 0 aromatic heterocycles. The molecule has 4 heteroatoms. The molecule has 0 radical (unpaired) electrons. The van der Waals surface area contributed by atoms with Gasteiger partial charge in [0.15, 0.2) is 0 Å². The van der Waals surface area contributed by atoms with Gasteiger partial charge in [-0.2, -0.15) is 0 Å². The summed E-state index contributed by atoms with van der Waals surface area (Å²) in [5.74, 6) is 0.266. The molecule has 3 fully saturated rings. The largest absolute Gasteiger partial charge is 0.340 e. The van der Waals surface area contributed by atoms with Gasteiger partial charge >= 0.3 is 0 Å². The highest BCUT2D eigenvalue weighted by atomic mass is 16.2. The lowest BCUT2D eigenvalue weighted by molar-refractivity contribution is -0.159. The Hall–Kier alpha value is -1.06. The molecular formula is C17H28N2O2. The molecular weight excluding hydrogens is 264 g/mol. The first-order valence-electron chi connectivity index (χ1n) is 8.79. The number of hydrogen-bond acceptors (Lipinski definition) is 2. The van der Waals surface area contributed by atoms with Crippen LogP contribution in [0.5, 0.6) is 0 Å². The van der Waals surface area contributed by atoms with E-state index in [1.165, 1.54) is 32.1 Å². The van der Waals surface area contributed by atoms with Gasteiger partial charge in [0.25, 0.3) is 0 Å². The number of rotatable bonds is 1. The minimum Gasteiger partial charge on any atom is -0.340 e. The number of hydrogen-bond donors (Lipinski definition) is 1. The first-order valence-corrected chi connectivity index (χ1v) is 8.79. The minimum atomic E-state index is -0.575. The first-order chi connectivity index (χ1) is 10.1. The van der Waals surface area contributed by atoms with Crippen LogP contribution < -0.4 is 5.32 Å². The van der Waals surface area contributed by atoms with E-state index in [9.17, 15) is 9.59 Å². The van der Waals surface area contributed by atoms with Crippen LogP contribution in [0, 0.1) is 0 Å². The Balaban J connectivity index is 1.85. The fourth-order valence-corrected chi connectivity index (χ4v) is 4.46. The van der Waals surface area contributed by atoms with Crippen LogP contribution in [0.15, 0.2) is 0 Å². The topological polar surface area (TPSA) is 49.4 Å². The van der Waals surface area contributed by atoms with E-state index in [-0.39, 0.29) is 23.9 Å². The van der Waals surface area contributed by atoms with Gasteiger partial charge in [0.2, 0.25) is 11.8 Å². The lowest BCUT2D eigenvalue weighted by Crippen LogP contribution is -2.71. The van der Waals surface area contributed by atoms with E-state index in [4.69, 9.17) is 0 Å². The third-order valence-corrected chi connectivity index (χ3v) is 5.73. The maximum Gasteiger partial charge on any atom is 0.249 e. The minimum absolute atomic E-state index is 0.0562. The van der Waals surface area contributed by atoms with Crippen LogP contribution in [0.1, 0.15) is 77.6 Å². The number of carbonyl (C=O) groups is 2. The van der Waals surface area contributed by atoms with Crippen molar-refractivity contribution in [1.82, 2.24) is 10.2 Å². The maximum atomic E-state index is 13.2. The second-order valence-corrected chi connectivity index (χ2v) is 7.17. The number of carbonyl (C=O) groups excluding carboxylic acids is 2. The molecule has 2 amide bonds. The van der Waals surface area contributed by atoms with E-state index in [2.05, 4.69) is 5.32 Å². The van der Waals surface area contributed by atoms with Crippen molar-refractivity contribution in [3.05, 3.63) is 0 Å². The molecule has 1 unspecified atom stereocenters. The molecule has 21 heavy (non-hydrogen) atoms. The van der Waals surface area contributed by atoms with Gasteiger partial charge in [0.05, 0.1) is 0 Å². The molecule has 1 atom stereocenters. The van der Waals surface area contributed by atoms with Gasteiger partial charge in [-0.15, -0.1) is 0 Å². The van der Waals surface area contributed by atoms with E-state index in [0.717, 1.165) is 38.5 Å². The zero-order chi connectivity index (χ0) is 14.9. The summed E-state index contributed by atoms with van der Waals surface area (Å²) < 4.78 is 0. The number of nitrogens with one attached hydrogen (secondary N) is 1. The summed E-state index contributed by atoms with van der Waals surface area (Å²) in [5, 5.41) is 3.09. The molecule has 1 aliphatic heterocycles. The predicted octanol–water partition coefficient (Wildman–Crippen LogP) is 2.76. The summed E-state index contributed by atoms with van der Waals surface area (Å²) in [6.07, 6.45) is 12.0. The van der Waals surface area contributed by atoms with E-state index in [0.29, 0.717) is 0 Å². The lowest BCUT2D eigenvalue weighted by Gasteiger charge is -2.49. The molecule has 3 aliphatic rings. The summed E-state index contributed by atoms with van der Waals surface area (Å²) in [7, 11) is 0. The van der Waals surface area contributed by atoms with Crippen LogP contribution in [-0.4, -0.2) is 34.3 Å². The Morgan fingerprint density at radius 3 is 2.14 bits per heavy atom. The number of amides is 2. The molecule has 2 saturated carbocycles. The monoisotopic (exact) mass is 292 g/mol. The number of piperazine rings is 1. The van der Waals surface area contributed by atoms with Crippen molar-refractivity contribution in [2.45, 2.75) is 95.2 Å². The highest BCUT2D eigenvalue weighted by Crippen LogP contribution is 2.36. The van der Waals surface area contributed by atoms with Gasteiger partial charge in [-0.25, -0.2) is 0 Å². The van der Waals surface area contributed by atoms with E-state index in [1.807, 2.05) is 11.8 Å². The van der Waals surface area contributed by atoms with Crippen molar-refractivity contribution in [2.75, 3.05) is 0 Å².